The van der Waals surface area contributed by atoms with Gasteiger partial charge in [0.05, 0.1) is 11.9 Å². The molecule has 0 aliphatic carbocycles. The lowest BCUT2D eigenvalue weighted by Gasteiger charge is -2.05. The van der Waals surface area contributed by atoms with Crippen molar-refractivity contribution in [3.63, 3.8) is 0 Å². The number of halogens is 1. The first-order chi connectivity index (χ1) is 6.24. The number of anilines is 1. The van der Waals surface area contributed by atoms with Gasteiger partial charge in [-0.15, -0.1) is 0 Å². The van der Waals surface area contributed by atoms with E-state index < -0.39 is 0 Å². The second kappa shape index (κ2) is 5.04. The summed E-state index contributed by atoms with van der Waals surface area (Å²) in [6.45, 7) is 3.51. The summed E-state index contributed by atoms with van der Waals surface area (Å²) < 4.78 is 0. The highest BCUT2D eigenvalue weighted by Crippen LogP contribution is 2.15. The summed E-state index contributed by atoms with van der Waals surface area (Å²) in [7, 11) is 0. The third-order valence-corrected chi connectivity index (χ3v) is 2.12. The summed E-state index contributed by atoms with van der Waals surface area (Å²) in [5, 5.41) is 3.77. The van der Waals surface area contributed by atoms with E-state index >= 15 is 0 Å². The maximum Gasteiger partial charge on any atom is 0.132 e. The standard InChI is InChI=1S/C9H14ClN3/c1-7-5-8(6-13-9(7)10)12-4-2-3-11/h5-6,12H,2-4,11H2,1H3. The van der Waals surface area contributed by atoms with Gasteiger partial charge in [-0.1, -0.05) is 11.6 Å². The van der Waals surface area contributed by atoms with E-state index in [1.165, 1.54) is 0 Å². The molecule has 0 saturated heterocycles. The SMILES string of the molecule is Cc1cc(NCCCN)cnc1Cl. The lowest BCUT2D eigenvalue weighted by Crippen LogP contribution is -2.08. The maximum absolute atomic E-state index is 5.78. The van der Waals surface area contributed by atoms with Crippen LogP contribution in [0.2, 0.25) is 5.15 Å². The van der Waals surface area contributed by atoms with Crippen LogP contribution in [0.15, 0.2) is 12.3 Å². The Bertz CT molecular complexity index is 276. The first-order valence-electron chi connectivity index (χ1n) is 4.30. The van der Waals surface area contributed by atoms with Gasteiger partial charge in [0.1, 0.15) is 5.15 Å². The van der Waals surface area contributed by atoms with E-state index in [2.05, 4.69) is 10.3 Å². The minimum atomic E-state index is 0.560. The first-order valence-corrected chi connectivity index (χ1v) is 4.68. The van der Waals surface area contributed by atoms with Crippen LogP contribution in [-0.2, 0) is 0 Å². The average molecular weight is 200 g/mol. The molecule has 0 aliphatic heterocycles. The summed E-state index contributed by atoms with van der Waals surface area (Å²) in [5.74, 6) is 0. The van der Waals surface area contributed by atoms with Crippen LogP contribution in [0, 0.1) is 6.92 Å². The molecule has 4 heteroatoms. The predicted molar refractivity (Wildman–Crippen MR) is 56.1 cm³/mol. The van der Waals surface area contributed by atoms with Crippen molar-refractivity contribution < 1.29 is 0 Å². The van der Waals surface area contributed by atoms with Crippen molar-refractivity contribution in [2.75, 3.05) is 18.4 Å². The van der Waals surface area contributed by atoms with Crippen LogP contribution >= 0.6 is 11.6 Å². The van der Waals surface area contributed by atoms with Gasteiger partial charge >= 0.3 is 0 Å². The molecule has 0 atom stereocenters. The van der Waals surface area contributed by atoms with E-state index in [1.54, 1.807) is 6.20 Å². The van der Waals surface area contributed by atoms with Gasteiger partial charge in [-0.05, 0) is 31.5 Å². The molecule has 0 amide bonds. The highest BCUT2D eigenvalue weighted by Gasteiger charge is 1.97. The van der Waals surface area contributed by atoms with Gasteiger partial charge in [-0.3, -0.25) is 0 Å². The number of nitrogens with one attached hydrogen (secondary N) is 1. The van der Waals surface area contributed by atoms with Crippen molar-refractivity contribution in [3.8, 4) is 0 Å². The number of nitrogens with two attached hydrogens (primary N) is 1. The highest BCUT2D eigenvalue weighted by molar-refractivity contribution is 6.30. The zero-order valence-corrected chi connectivity index (χ0v) is 8.43. The molecule has 0 radical (unpaired) electrons. The van der Waals surface area contributed by atoms with Crippen LogP contribution in [0.4, 0.5) is 5.69 Å². The van der Waals surface area contributed by atoms with E-state index in [0.29, 0.717) is 11.7 Å². The third-order valence-electron chi connectivity index (χ3n) is 1.72. The quantitative estimate of drug-likeness (QED) is 0.575. The summed E-state index contributed by atoms with van der Waals surface area (Å²) >= 11 is 5.78. The summed E-state index contributed by atoms with van der Waals surface area (Å²) in [6.07, 6.45) is 2.69. The molecule has 0 unspecified atom stereocenters. The highest BCUT2D eigenvalue weighted by atomic mass is 35.5. The van der Waals surface area contributed by atoms with Crippen LogP contribution < -0.4 is 11.1 Å². The van der Waals surface area contributed by atoms with E-state index in [9.17, 15) is 0 Å². The topological polar surface area (TPSA) is 50.9 Å². The molecule has 3 N–H and O–H groups in total. The van der Waals surface area contributed by atoms with E-state index in [1.807, 2.05) is 13.0 Å². The van der Waals surface area contributed by atoms with Gasteiger partial charge in [0.2, 0.25) is 0 Å². The first kappa shape index (κ1) is 10.3. The largest absolute Gasteiger partial charge is 0.384 e. The Morgan fingerprint density at radius 3 is 3.00 bits per heavy atom. The average Bonchev–Trinajstić information content (AvgIpc) is 2.12. The van der Waals surface area contributed by atoms with Crippen LogP contribution in [-0.4, -0.2) is 18.1 Å². The predicted octanol–water partition coefficient (Wildman–Crippen LogP) is 1.80. The van der Waals surface area contributed by atoms with Crippen molar-refractivity contribution in [2.45, 2.75) is 13.3 Å². The smallest absolute Gasteiger partial charge is 0.132 e. The monoisotopic (exact) mass is 199 g/mol. The van der Waals surface area contributed by atoms with Gasteiger partial charge in [0.25, 0.3) is 0 Å². The van der Waals surface area contributed by atoms with Crippen molar-refractivity contribution in [3.05, 3.63) is 23.0 Å². The van der Waals surface area contributed by atoms with E-state index in [4.69, 9.17) is 17.3 Å². The molecule has 3 nitrogen and oxygen atoms in total. The fourth-order valence-electron chi connectivity index (χ4n) is 0.990. The van der Waals surface area contributed by atoms with Crippen molar-refractivity contribution in [1.82, 2.24) is 4.98 Å². The van der Waals surface area contributed by atoms with Crippen LogP contribution in [0.1, 0.15) is 12.0 Å². The Balaban J connectivity index is 2.53. The lowest BCUT2D eigenvalue weighted by molar-refractivity contribution is 0.873. The molecule has 0 aliphatic rings. The third kappa shape index (κ3) is 3.20. The summed E-state index contributed by atoms with van der Waals surface area (Å²) in [5.41, 5.74) is 7.35. The van der Waals surface area contributed by atoms with Gasteiger partial charge < -0.3 is 11.1 Å². The molecule has 0 fully saturated rings. The molecule has 0 saturated carbocycles. The number of nitrogens with zero attached hydrogens (tertiary/aromatic N) is 1. The number of hydrogen-bond donors (Lipinski definition) is 2. The number of aromatic nitrogens is 1. The lowest BCUT2D eigenvalue weighted by atomic mass is 10.3. The van der Waals surface area contributed by atoms with Gasteiger partial charge in [0.15, 0.2) is 0 Å². The fourth-order valence-corrected chi connectivity index (χ4v) is 1.09. The Labute approximate surface area is 83.3 Å². The fraction of sp³-hybridized carbons (Fsp3) is 0.444. The normalized spacial score (nSPS) is 10.1. The second-order valence-corrected chi connectivity index (χ2v) is 3.26. The molecule has 13 heavy (non-hydrogen) atoms. The molecule has 0 spiro atoms. The molecule has 1 rings (SSSR count). The van der Waals surface area contributed by atoms with E-state index in [0.717, 1.165) is 24.2 Å². The molecular formula is C9H14ClN3. The Morgan fingerprint density at radius 2 is 2.38 bits per heavy atom. The number of aryl methyl sites for hydroxylation is 1. The minimum Gasteiger partial charge on any atom is -0.384 e. The number of pyridine rings is 1. The molecule has 1 aromatic rings. The Hall–Kier alpha value is -0.800. The van der Waals surface area contributed by atoms with Gasteiger partial charge in [0, 0.05) is 6.54 Å². The van der Waals surface area contributed by atoms with E-state index in [-0.39, 0.29) is 0 Å². The molecular weight excluding hydrogens is 186 g/mol. The summed E-state index contributed by atoms with van der Waals surface area (Å²) in [6, 6.07) is 1.98. The molecule has 0 aromatic carbocycles. The molecule has 1 aromatic heterocycles. The Morgan fingerprint density at radius 1 is 1.62 bits per heavy atom. The van der Waals surface area contributed by atoms with Crippen LogP contribution in [0.5, 0.6) is 0 Å². The van der Waals surface area contributed by atoms with Crippen molar-refractivity contribution in [2.24, 2.45) is 5.73 Å². The van der Waals surface area contributed by atoms with Crippen LogP contribution in [0.3, 0.4) is 0 Å². The van der Waals surface area contributed by atoms with Crippen molar-refractivity contribution >= 4 is 17.3 Å². The van der Waals surface area contributed by atoms with Crippen molar-refractivity contribution in [1.29, 1.82) is 0 Å². The van der Waals surface area contributed by atoms with Gasteiger partial charge in [-0.2, -0.15) is 0 Å². The van der Waals surface area contributed by atoms with Crippen LogP contribution in [0.25, 0.3) is 0 Å². The zero-order chi connectivity index (χ0) is 9.68. The molecule has 0 bridgehead atoms. The van der Waals surface area contributed by atoms with Gasteiger partial charge in [-0.25, -0.2) is 4.98 Å². The number of rotatable bonds is 4. The number of hydrogen-bond acceptors (Lipinski definition) is 3. The molecule has 1 heterocycles. The summed E-state index contributed by atoms with van der Waals surface area (Å²) in [4.78, 5) is 4.03. The molecule has 72 valence electrons. The second-order valence-electron chi connectivity index (χ2n) is 2.90. The minimum absolute atomic E-state index is 0.560. The maximum atomic E-state index is 5.78. The zero-order valence-electron chi connectivity index (χ0n) is 7.68. The Kier molecular flexibility index (Phi) is 3.99.